The normalized spacial score (nSPS) is 12.7. The average Bonchev–Trinajstić information content (AvgIpc) is 3.49. The minimum Gasteiger partial charge on any atom is -0.492 e. The molecule has 0 aliphatic rings. The third kappa shape index (κ3) is 5.51. The molecule has 5 N–H and O–H groups in total. The van der Waals surface area contributed by atoms with Gasteiger partial charge in [0, 0.05) is 36.4 Å². The number of aromatic nitrogens is 4. The van der Waals surface area contributed by atoms with Crippen LogP contribution in [-0.4, -0.2) is 53.6 Å². The fraction of sp³-hybridized carbons (Fsp3) is 0.273. The zero-order valence-corrected chi connectivity index (χ0v) is 18.9. The fourth-order valence-electron chi connectivity index (χ4n) is 3.42. The molecule has 2 heterocycles. The van der Waals surface area contributed by atoms with Crippen molar-refractivity contribution in [3.63, 3.8) is 0 Å². The molecule has 0 fully saturated rings. The lowest BCUT2D eigenvalue weighted by Crippen LogP contribution is -2.26. The summed E-state index contributed by atoms with van der Waals surface area (Å²) in [6.07, 6.45) is 2.58. The van der Waals surface area contributed by atoms with E-state index in [0.717, 1.165) is 28.8 Å². The Kier molecular flexibility index (Phi) is 6.92. The van der Waals surface area contributed by atoms with Gasteiger partial charge in [-0.3, -0.25) is 14.9 Å². The summed E-state index contributed by atoms with van der Waals surface area (Å²) in [6.45, 7) is 3.32. The molecule has 0 saturated heterocycles. The van der Waals surface area contributed by atoms with Crippen LogP contribution in [0.2, 0.25) is 0 Å². The van der Waals surface area contributed by atoms with Crippen LogP contribution >= 0.6 is 0 Å². The van der Waals surface area contributed by atoms with Crippen LogP contribution in [0.5, 0.6) is 5.75 Å². The number of ether oxygens (including phenoxy) is 1. The second-order valence-corrected chi connectivity index (χ2v) is 9.15. The SMILES string of the molecule is CCc1n[nH]c2cc(OCCNC[C@H](O)c3cccc(NS(=O)(=O)c4cn[nH]c4)c3)ccc12. The fourth-order valence-corrected chi connectivity index (χ4v) is 4.38. The summed E-state index contributed by atoms with van der Waals surface area (Å²) in [7, 11) is -3.74. The molecule has 1 atom stereocenters. The Bertz CT molecular complexity index is 1300. The number of hydrogen-bond donors (Lipinski definition) is 5. The molecule has 0 saturated carbocycles. The van der Waals surface area contributed by atoms with Crippen molar-refractivity contribution in [1.82, 2.24) is 25.7 Å². The van der Waals surface area contributed by atoms with Crippen molar-refractivity contribution in [2.45, 2.75) is 24.3 Å². The Morgan fingerprint density at radius 3 is 2.88 bits per heavy atom. The van der Waals surface area contributed by atoms with Crippen molar-refractivity contribution in [2.75, 3.05) is 24.4 Å². The van der Waals surface area contributed by atoms with Gasteiger partial charge in [0.25, 0.3) is 10.0 Å². The predicted molar refractivity (Wildman–Crippen MR) is 125 cm³/mol. The number of sulfonamides is 1. The highest BCUT2D eigenvalue weighted by molar-refractivity contribution is 7.92. The van der Waals surface area contributed by atoms with Crippen molar-refractivity contribution in [2.24, 2.45) is 0 Å². The largest absolute Gasteiger partial charge is 0.492 e. The van der Waals surface area contributed by atoms with Crippen LogP contribution in [0.15, 0.2) is 59.8 Å². The molecule has 0 amide bonds. The summed E-state index contributed by atoms with van der Waals surface area (Å²) < 4.78 is 32.9. The highest BCUT2D eigenvalue weighted by atomic mass is 32.2. The van der Waals surface area contributed by atoms with E-state index in [2.05, 4.69) is 37.4 Å². The third-order valence-electron chi connectivity index (χ3n) is 5.14. The van der Waals surface area contributed by atoms with Gasteiger partial charge in [0.15, 0.2) is 0 Å². The first-order valence-electron chi connectivity index (χ1n) is 10.6. The molecule has 33 heavy (non-hydrogen) atoms. The number of hydrogen-bond acceptors (Lipinski definition) is 7. The van der Waals surface area contributed by atoms with E-state index in [1.54, 1.807) is 24.3 Å². The van der Waals surface area contributed by atoms with E-state index < -0.39 is 16.1 Å². The molecule has 4 rings (SSSR count). The van der Waals surface area contributed by atoms with Crippen molar-refractivity contribution in [3.8, 4) is 5.75 Å². The summed E-state index contributed by atoms with van der Waals surface area (Å²) in [4.78, 5) is 0.0348. The number of benzene rings is 2. The number of nitrogens with one attached hydrogen (secondary N) is 4. The number of nitrogens with zero attached hydrogens (tertiary/aromatic N) is 2. The number of anilines is 1. The van der Waals surface area contributed by atoms with E-state index in [1.807, 2.05) is 18.2 Å². The van der Waals surface area contributed by atoms with Crippen LogP contribution < -0.4 is 14.8 Å². The van der Waals surface area contributed by atoms with E-state index in [4.69, 9.17) is 4.74 Å². The minimum absolute atomic E-state index is 0.0348. The smallest absolute Gasteiger partial charge is 0.265 e. The Labute approximate surface area is 191 Å². The highest BCUT2D eigenvalue weighted by Gasteiger charge is 2.16. The van der Waals surface area contributed by atoms with Crippen LogP contribution in [0.1, 0.15) is 24.3 Å². The van der Waals surface area contributed by atoms with E-state index in [1.165, 1.54) is 12.4 Å². The van der Waals surface area contributed by atoms with Crippen LogP contribution in [0, 0.1) is 0 Å². The molecule has 2 aromatic heterocycles. The zero-order chi connectivity index (χ0) is 23.3. The first kappa shape index (κ1) is 22.8. The van der Waals surface area contributed by atoms with Gasteiger partial charge in [-0.15, -0.1) is 0 Å². The van der Waals surface area contributed by atoms with Crippen LogP contribution in [0.3, 0.4) is 0 Å². The molecule has 0 spiro atoms. The summed E-state index contributed by atoms with van der Waals surface area (Å²) in [5.74, 6) is 0.744. The molecule has 0 radical (unpaired) electrons. The summed E-state index contributed by atoms with van der Waals surface area (Å²) in [6, 6.07) is 12.5. The number of H-pyrrole nitrogens is 2. The molecule has 0 aliphatic heterocycles. The molecule has 2 aromatic carbocycles. The van der Waals surface area contributed by atoms with Gasteiger partial charge >= 0.3 is 0 Å². The van der Waals surface area contributed by atoms with Gasteiger partial charge in [0.2, 0.25) is 0 Å². The topological polar surface area (TPSA) is 145 Å². The minimum atomic E-state index is -3.74. The van der Waals surface area contributed by atoms with E-state index >= 15 is 0 Å². The molecule has 174 valence electrons. The van der Waals surface area contributed by atoms with E-state index in [-0.39, 0.29) is 4.90 Å². The second kappa shape index (κ2) is 10.0. The lowest BCUT2D eigenvalue weighted by atomic mass is 10.1. The standard InChI is InChI=1S/C22H26N6O4S/c1-2-20-19-7-6-17(11-21(19)27-26-20)32-9-8-23-14-22(29)15-4-3-5-16(10-15)28-33(30,31)18-12-24-25-13-18/h3-7,10-13,22-23,28-29H,2,8-9,14H2,1H3,(H,24,25)(H,26,27)/t22-/m0/s1. The molecule has 10 nitrogen and oxygen atoms in total. The van der Waals surface area contributed by atoms with Gasteiger partial charge in [-0.05, 0) is 36.2 Å². The van der Waals surface area contributed by atoms with E-state index in [0.29, 0.717) is 30.9 Å². The Hall–Kier alpha value is -3.41. The Morgan fingerprint density at radius 1 is 1.21 bits per heavy atom. The lowest BCUT2D eigenvalue weighted by Gasteiger charge is -2.14. The van der Waals surface area contributed by atoms with Gasteiger partial charge in [-0.2, -0.15) is 10.2 Å². The maximum atomic E-state index is 12.3. The highest BCUT2D eigenvalue weighted by Crippen LogP contribution is 2.22. The molecule has 11 heteroatoms. The number of aryl methyl sites for hydroxylation is 1. The number of aliphatic hydroxyl groups excluding tert-OH is 1. The predicted octanol–water partition coefficient (Wildman–Crippen LogP) is 2.35. The Morgan fingerprint density at radius 2 is 2.09 bits per heavy atom. The van der Waals surface area contributed by atoms with Crippen molar-refractivity contribution in [1.29, 1.82) is 0 Å². The molecule has 0 bridgehead atoms. The molecular weight excluding hydrogens is 444 g/mol. The first-order valence-corrected chi connectivity index (χ1v) is 12.0. The molecule has 0 unspecified atom stereocenters. The number of aliphatic hydroxyl groups is 1. The van der Waals surface area contributed by atoms with Crippen molar-refractivity contribution in [3.05, 3.63) is 66.1 Å². The van der Waals surface area contributed by atoms with Crippen molar-refractivity contribution < 1.29 is 18.3 Å². The van der Waals surface area contributed by atoms with Gasteiger partial charge in [0.05, 0.1) is 23.5 Å². The maximum Gasteiger partial charge on any atom is 0.265 e. The van der Waals surface area contributed by atoms with Gasteiger partial charge in [0.1, 0.15) is 17.3 Å². The molecule has 4 aromatic rings. The summed E-state index contributed by atoms with van der Waals surface area (Å²) in [5, 5.41) is 28.2. The number of rotatable bonds is 11. The summed E-state index contributed by atoms with van der Waals surface area (Å²) in [5.41, 5.74) is 2.92. The third-order valence-corrected chi connectivity index (χ3v) is 6.49. The quantitative estimate of drug-likeness (QED) is 0.212. The number of aromatic amines is 2. The van der Waals surface area contributed by atoms with Gasteiger partial charge < -0.3 is 15.2 Å². The van der Waals surface area contributed by atoms with Gasteiger partial charge in [-0.1, -0.05) is 19.1 Å². The zero-order valence-electron chi connectivity index (χ0n) is 18.1. The first-order chi connectivity index (χ1) is 16.0. The average molecular weight is 471 g/mol. The lowest BCUT2D eigenvalue weighted by molar-refractivity contribution is 0.172. The van der Waals surface area contributed by atoms with E-state index in [9.17, 15) is 13.5 Å². The second-order valence-electron chi connectivity index (χ2n) is 7.46. The number of fused-ring (bicyclic) bond motifs is 1. The molecular formula is C22H26N6O4S. The Balaban J connectivity index is 1.25. The summed E-state index contributed by atoms with van der Waals surface area (Å²) >= 11 is 0. The van der Waals surface area contributed by atoms with Crippen LogP contribution in [0.25, 0.3) is 10.9 Å². The maximum absolute atomic E-state index is 12.3. The molecule has 0 aliphatic carbocycles. The monoisotopic (exact) mass is 470 g/mol. The van der Waals surface area contributed by atoms with Crippen LogP contribution in [0.4, 0.5) is 5.69 Å². The van der Waals surface area contributed by atoms with Gasteiger partial charge in [-0.25, -0.2) is 8.42 Å². The van der Waals surface area contributed by atoms with Crippen LogP contribution in [-0.2, 0) is 16.4 Å². The van der Waals surface area contributed by atoms with Crippen molar-refractivity contribution >= 4 is 26.6 Å².